The summed E-state index contributed by atoms with van der Waals surface area (Å²) >= 11 is 1.65. The first-order valence-corrected chi connectivity index (χ1v) is 8.42. The number of aliphatic imine (C=N–C) groups is 1. The van der Waals surface area contributed by atoms with Crippen molar-refractivity contribution >= 4 is 46.2 Å². The maximum absolute atomic E-state index is 4.54. The summed E-state index contributed by atoms with van der Waals surface area (Å²) in [5, 5.41) is 8.69. The van der Waals surface area contributed by atoms with Crippen LogP contribution in [0, 0.1) is 5.92 Å². The molecule has 0 saturated carbocycles. The Labute approximate surface area is 153 Å². The highest BCUT2D eigenvalue weighted by molar-refractivity contribution is 14.0. The number of imidazole rings is 1. The fourth-order valence-corrected chi connectivity index (χ4v) is 2.86. The predicted molar refractivity (Wildman–Crippen MR) is 105 cm³/mol. The maximum Gasteiger partial charge on any atom is 0.193 e. The number of halogens is 1. The lowest BCUT2D eigenvalue weighted by atomic mass is 10.1. The number of nitrogens with zero attached hydrogens (tertiary/aromatic N) is 3. The molecular weight excluding hydrogens is 409 g/mol. The molecule has 5 nitrogen and oxygen atoms in total. The topological polar surface area (TPSA) is 53.7 Å². The van der Waals surface area contributed by atoms with Gasteiger partial charge in [-0.15, -0.1) is 35.3 Å². The highest BCUT2D eigenvalue weighted by Gasteiger charge is 2.03. The number of hydrogen-bond acceptors (Lipinski definition) is 3. The van der Waals surface area contributed by atoms with Gasteiger partial charge in [0.2, 0.25) is 0 Å². The first-order chi connectivity index (χ1) is 10.2. The van der Waals surface area contributed by atoms with Crippen LogP contribution >= 0.6 is 35.3 Å². The van der Waals surface area contributed by atoms with Gasteiger partial charge in [0.1, 0.15) is 0 Å². The largest absolute Gasteiger partial charge is 0.356 e. The number of fused-ring (bicyclic) bond motifs is 1. The summed E-state index contributed by atoms with van der Waals surface area (Å²) in [7, 11) is 1.80. The quantitative estimate of drug-likeness (QED) is 0.303. The van der Waals surface area contributed by atoms with Crippen LogP contribution in [0.1, 0.15) is 38.8 Å². The fraction of sp³-hybridized carbons (Fsp3) is 0.600. The summed E-state index contributed by atoms with van der Waals surface area (Å²) in [4.78, 5) is 9.82. The Morgan fingerprint density at radius 1 is 1.36 bits per heavy atom. The first-order valence-electron chi connectivity index (χ1n) is 7.54. The van der Waals surface area contributed by atoms with Gasteiger partial charge < -0.3 is 10.6 Å². The van der Waals surface area contributed by atoms with Crippen molar-refractivity contribution in [2.24, 2.45) is 10.9 Å². The third kappa shape index (κ3) is 6.12. The van der Waals surface area contributed by atoms with Gasteiger partial charge >= 0.3 is 0 Å². The average molecular weight is 435 g/mol. The van der Waals surface area contributed by atoms with Crippen molar-refractivity contribution in [2.75, 3.05) is 13.6 Å². The number of hydrogen-bond donors (Lipinski definition) is 2. The van der Waals surface area contributed by atoms with Gasteiger partial charge in [-0.05, 0) is 12.3 Å². The molecule has 2 rings (SSSR count). The van der Waals surface area contributed by atoms with E-state index in [0.717, 1.165) is 29.1 Å². The molecule has 2 N–H and O–H groups in total. The molecule has 0 bridgehead atoms. The molecule has 0 aliphatic heterocycles. The molecule has 0 saturated heterocycles. The van der Waals surface area contributed by atoms with Gasteiger partial charge in [0.15, 0.2) is 10.9 Å². The zero-order valence-electron chi connectivity index (χ0n) is 13.5. The van der Waals surface area contributed by atoms with E-state index in [2.05, 4.69) is 40.7 Å². The van der Waals surface area contributed by atoms with Crippen LogP contribution in [-0.4, -0.2) is 28.9 Å². The minimum Gasteiger partial charge on any atom is -0.356 e. The Hall–Kier alpha value is -0.830. The van der Waals surface area contributed by atoms with Crippen LogP contribution in [-0.2, 0) is 6.54 Å². The van der Waals surface area contributed by atoms with Gasteiger partial charge in [0.25, 0.3) is 0 Å². The Balaban J connectivity index is 0.00000242. The van der Waals surface area contributed by atoms with E-state index in [1.807, 2.05) is 16.0 Å². The van der Waals surface area contributed by atoms with Crippen molar-refractivity contribution in [2.45, 2.75) is 39.7 Å². The summed E-state index contributed by atoms with van der Waals surface area (Å²) in [6.45, 7) is 6.19. The molecule has 0 unspecified atom stereocenters. The molecule has 0 aromatic carbocycles. The van der Waals surface area contributed by atoms with Crippen LogP contribution in [0.25, 0.3) is 4.96 Å². The number of unbranched alkanes of at least 4 members (excludes halogenated alkanes) is 1. The van der Waals surface area contributed by atoms with Gasteiger partial charge in [0.05, 0.1) is 12.2 Å². The second-order valence-electron chi connectivity index (χ2n) is 5.57. The van der Waals surface area contributed by atoms with E-state index in [1.54, 1.807) is 18.4 Å². The van der Waals surface area contributed by atoms with Gasteiger partial charge in [-0.3, -0.25) is 9.39 Å². The second-order valence-corrected chi connectivity index (χ2v) is 6.44. The van der Waals surface area contributed by atoms with E-state index in [0.29, 0.717) is 6.54 Å². The summed E-state index contributed by atoms with van der Waals surface area (Å²) in [6, 6.07) is 0. The summed E-state index contributed by atoms with van der Waals surface area (Å²) in [5.74, 6) is 1.63. The molecule has 7 heteroatoms. The average Bonchev–Trinajstić information content (AvgIpc) is 3.02. The van der Waals surface area contributed by atoms with E-state index in [9.17, 15) is 0 Å². The molecule has 0 atom stereocenters. The van der Waals surface area contributed by atoms with Crippen molar-refractivity contribution in [3.63, 3.8) is 0 Å². The molecule has 2 aromatic rings. The molecule has 0 fully saturated rings. The summed E-state index contributed by atoms with van der Waals surface area (Å²) < 4.78 is 2.05. The van der Waals surface area contributed by atoms with E-state index in [4.69, 9.17) is 0 Å². The van der Waals surface area contributed by atoms with Gasteiger partial charge in [-0.25, -0.2) is 4.98 Å². The Kier molecular flexibility index (Phi) is 8.77. The van der Waals surface area contributed by atoms with Crippen LogP contribution in [0.5, 0.6) is 0 Å². The van der Waals surface area contributed by atoms with Crippen LogP contribution < -0.4 is 10.6 Å². The standard InChI is InChI=1S/C15H25N5S.HI/c1-12(2)6-4-5-7-17-14(16-3)18-10-13-11-20-8-9-21-15(20)19-13;/h8-9,11-12H,4-7,10H2,1-3H3,(H2,16,17,18);1H. The smallest absolute Gasteiger partial charge is 0.193 e. The van der Waals surface area contributed by atoms with E-state index in [1.165, 1.54) is 19.3 Å². The third-order valence-electron chi connectivity index (χ3n) is 3.30. The zero-order chi connectivity index (χ0) is 15.1. The van der Waals surface area contributed by atoms with Crippen molar-refractivity contribution in [1.82, 2.24) is 20.0 Å². The molecule has 124 valence electrons. The van der Waals surface area contributed by atoms with E-state index < -0.39 is 0 Å². The van der Waals surface area contributed by atoms with Gasteiger partial charge in [-0.2, -0.15) is 0 Å². The van der Waals surface area contributed by atoms with Crippen molar-refractivity contribution < 1.29 is 0 Å². The van der Waals surface area contributed by atoms with Crippen molar-refractivity contribution in [3.8, 4) is 0 Å². The van der Waals surface area contributed by atoms with Crippen LogP contribution in [0.2, 0.25) is 0 Å². The Morgan fingerprint density at radius 2 is 2.18 bits per heavy atom. The number of rotatable bonds is 7. The third-order valence-corrected chi connectivity index (χ3v) is 4.08. The number of nitrogens with one attached hydrogen (secondary N) is 2. The minimum atomic E-state index is 0. The zero-order valence-corrected chi connectivity index (χ0v) is 16.6. The Morgan fingerprint density at radius 3 is 2.86 bits per heavy atom. The maximum atomic E-state index is 4.54. The van der Waals surface area contributed by atoms with Crippen molar-refractivity contribution in [3.05, 3.63) is 23.5 Å². The molecule has 0 spiro atoms. The normalized spacial score (nSPS) is 11.7. The van der Waals surface area contributed by atoms with Crippen molar-refractivity contribution in [1.29, 1.82) is 0 Å². The molecule has 22 heavy (non-hydrogen) atoms. The summed E-state index contributed by atoms with van der Waals surface area (Å²) in [6.07, 6.45) is 7.81. The molecule has 2 aromatic heterocycles. The van der Waals surface area contributed by atoms with Gasteiger partial charge in [-0.1, -0.05) is 26.7 Å². The number of aromatic nitrogens is 2. The predicted octanol–water partition coefficient (Wildman–Crippen LogP) is 3.51. The second kappa shape index (κ2) is 10.0. The van der Waals surface area contributed by atoms with Gasteiger partial charge in [0, 0.05) is 31.4 Å². The van der Waals surface area contributed by atoms with E-state index >= 15 is 0 Å². The van der Waals surface area contributed by atoms with Crippen LogP contribution in [0.4, 0.5) is 0 Å². The molecule has 0 aliphatic rings. The molecule has 0 aliphatic carbocycles. The first kappa shape index (κ1) is 19.2. The lowest BCUT2D eigenvalue weighted by Gasteiger charge is -2.11. The molecule has 0 amide bonds. The number of guanidine groups is 1. The molecular formula is C15H26IN5S. The highest BCUT2D eigenvalue weighted by Crippen LogP contribution is 2.11. The minimum absolute atomic E-state index is 0. The highest BCUT2D eigenvalue weighted by atomic mass is 127. The lowest BCUT2D eigenvalue weighted by Crippen LogP contribution is -2.37. The monoisotopic (exact) mass is 435 g/mol. The molecule has 2 heterocycles. The fourth-order valence-electron chi connectivity index (χ4n) is 2.14. The SMILES string of the molecule is CN=C(NCCCCC(C)C)NCc1cn2ccsc2n1.I. The van der Waals surface area contributed by atoms with E-state index in [-0.39, 0.29) is 24.0 Å². The lowest BCUT2D eigenvalue weighted by molar-refractivity contribution is 0.534. The summed E-state index contributed by atoms with van der Waals surface area (Å²) in [5.41, 5.74) is 1.03. The van der Waals surface area contributed by atoms with Crippen LogP contribution in [0.3, 0.4) is 0 Å². The Bertz CT molecular complexity index is 547. The molecule has 0 radical (unpaired) electrons. The number of thiazole rings is 1. The van der Waals surface area contributed by atoms with Crippen LogP contribution in [0.15, 0.2) is 22.8 Å².